The molecular weight excluding hydrogens is 336 g/mol. The lowest BCUT2D eigenvalue weighted by Crippen LogP contribution is -2.48. The average molecular weight is 350 g/mol. The van der Waals surface area contributed by atoms with Crippen molar-refractivity contribution in [2.45, 2.75) is 31.1 Å². The Balaban J connectivity index is 2.81. The minimum Gasteiger partial charge on any atom is -0.346 e. The second kappa shape index (κ2) is 5.27. The number of carbonyl (C=O) groups excluding carboxylic acids is 1. The molecule has 0 saturated carbocycles. The second-order valence-corrected chi connectivity index (χ2v) is 6.47. The SMILES string of the molecule is CC(Br)C(C)(C)NC(=O)c1cncc(Br)c1. The first-order valence-corrected chi connectivity index (χ1v) is 6.61. The van der Waals surface area contributed by atoms with E-state index < -0.39 is 0 Å². The summed E-state index contributed by atoms with van der Waals surface area (Å²) in [5, 5.41) is 2.95. The van der Waals surface area contributed by atoms with Crippen molar-refractivity contribution in [3.8, 4) is 0 Å². The fourth-order valence-electron chi connectivity index (χ4n) is 1.00. The Hall–Kier alpha value is -0.420. The third kappa shape index (κ3) is 3.56. The van der Waals surface area contributed by atoms with Crippen molar-refractivity contribution in [3.05, 3.63) is 28.5 Å². The molecule has 5 heteroatoms. The lowest BCUT2D eigenvalue weighted by Gasteiger charge is -2.29. The van der Waals surface area contributed by atoms with E-state index in [4.69, 9.17) is 0 Å². The summed E-state index contributed by atoms with van der Waals surface area (Å²) in [6.45, 7) is 5.94. The van der Waals surface area contributed by atoms with Crippen molar-refractivity contribution >= 4 is 37.8 Å². The van der Waals surface area contributed by atoms with Crippen molar-refractivity contribution in [1.29, 1.82) is 0 Å². The molecule has 0 saturated heterocycles. The predicted molar refractivity (Wildman–Crippen MR) is 71.9 cm³/mol. The van der Waals surface area contributed by atoms with Gasteiger partial charge in [-0.2, -0.15) is 0 Å². The lowest BCUT2D eigenvalue weighted by atomic mass is 10.0. The Bertz CT molecular complexity index is 391. The second-order valence-electron chi connectivity index (χ2n) is 4.18. The first kappa shape index (κ1) is 13.6. The highest BCUT2D eigenvalue weighted by atomic mass is 79.9. The van der Waals surface area contributed by atoms with Gasteiger partial charge in [-0.3, -0.25) is 9.78 Å². The van der Waals surface area contributed by atoms with Crippen LogP contribution in [0, 0.1) is 0 Å². The highest BCUT2D eigenvalue weighted by molar-refractivity contribution is 9.10. The van der Waals surface area contributed by atoms with Crippen LogP contribution in [0.15, 0.2) is 22.9 Å². The first-order chi connectivity index (χ1) is 7.33. The molecule has 88 valence electrons. The molecule has 1 rings (SSSR count). The zero-order chi connectivity index (χ0) is 12.3. The van der Waals surface area contributed by atoms with Crippen LogP contribution in [0.1, 0.15) is 31.1 Å². The van der Waals surface area contributed by atoms with E-state index in [9.17, 15) is 4.79 Å². The molecule has 0 aliphatic heterocycles. The van der Waals surface area contributed by atoms with Crippen LogP contribution in [-0.4, -0.2) is 21.3 Å². The number of hydrogen-bond donors (Lipinski definition) is 1. The van der Waals surface area contributed by atoms with Gasteiger partial charge in [-0.1, -0.05) is 22.9 Å². The van der Waals surface area contributed by atoms with E-state index >= 15 is 0 Å². The van der Waals surface area contributed by atoms with E-state index in [2.05, 4.69) is 42.2 Å². The van der Waals surface area contributed by atoms with Gasteiger partial charge in [0.2, 0.25) is 0 Å². The zero-order valence-electron chi connectivity index (χ0n) is 9.42. The molecule has 0 radical (unpaired) electrons. The standard InChI is InChI=1S/C11H14Br2N2O/c1-7(12)11(2,3)15-10(16)8-4-9(13)6-14-5-8/h4-7H,1-3H3,(H,15,16). The highest BCUT2D eigenvalue weighted by Crippen LogP contribution is 2.18. The summed E-state index contributed by atoms with van der Waals surface area (Å²) < 4.78 is 0.796. The van der Waals surface area contributed by atoms with Gasteiger partial charge in [0.15, 0.2) is 0 Å². The van der Waals surface area contributed by atoms with Crippen LogP contribution in [0.2, 0.25) is 0 Å². The van der Waals surface area contributed by atoms with Crippen LogP contribution in [0.3, 0.4) is 0 Å². The molecular formula is C11H14Br2N2O. The molecule has 1 heterocycles. The number of halogens is 2. The van der Waals surface area contributed by atoms with Crippen molar-refractivity contribution in [3.63, 3.8) is 0 Å². The van der Waals surface area contributed by atoms with Gasteiger partial charge < -0.3 is 5.32 Å². The zero-order valence-corrected chi connectivity index (χ0v) is 12.6. The molecule has 1 aromatic heterocycles. The molecule has 1 amide bonds. The number of hydrogen-bond acceptors (Lipinski definition) is 2. The third-order valence-corrected chi connectivity index (χ3v) is 3.98. The number of nitrogens with zero attached hydrogens (tertiary/aromatic N) is 1. The maximum absolute atomic E-state index is 11.9. The number of alkyl halides is 1. The fourth-order valence-corrected chi connectivity index (χ4v) is 1.48. The van der Waals surface area contributed by atoms with E-state index in [-0.39, 0.29) is 16.3 Å². The Morgan fingerprint density at radius 3 is 2.62 bits per heavy atom. The van der Waals surface area contributed by atoms with E-state index in [1.54, 1.807) is 18.5 Å². The molecule has 16 heavy (non-hydrogen) atoms. The largest absolute Gasteiger partial charge is 0.346 e. The van der Waals surface area contributed by atoms with E-state index in [1.807, 2.05) is 20.8 Å². The summed E-state index contributed by atoms with van der Waals surface area (Å²) in [4.78, 5) is 16.1. The molecule has 1 N–H and O–H groups in total. The molecule has 0 spiro atoms. The lowest BCUT2D eigenvalue weighted by molar-refractivity contribution is 0.0913. The number of amides is 1. The number of nitrogens with one attached hydrogen (secondary N) is 1. The normalized spacial score (nSPS) is 13.3. The molecule has 1 unspecified atom stereocenters. The van der Waals surface area contributed by atoms with E-state index in [1.165, 1.54) is 0 Å². The van der Waals surface area contributed by atoms with Crippen LogP contribution < -0.4 is 5.32 Å². The maximum atomic E-state index is 11.9. The summed E-state index contributed by atoms with van der Waals surface area (Å²) in [5.74, 6) is -0.120. The van der Waals surface area contributed by atoms with Gasteiger partial charge in [-0.25, -0.2) is 0 Å². The Labute approximate surface area is 112 Å². The molecule has 0 aromatic carbocycles. The summed E-state index contributed by atoms with van der Waals surface area (Å²) in [7, 11) is 0. The maximum Gasteiger partial charge on any atom is 0.253 e. The summed E-state index contributed by atoms with van der Waals surface area (Å²) >= 11 is 6.76. The minimum absolute atomic E-state index is 0.120. The Morgan fingerprint density at radius 2 is 2.12 bits per heavy atom. The van der Waals surface area contributed by atoms with Crippen LogP contribution >= 0.6 is 31.9 Å². The smallest absolute Gasteiger partial charge is 0.253 e. The number of pyridine rings is 1. The van der Waals surface area contributed by atoms with Crippen molar-refractivity contribution in [2.24, 2.45) is 0 Å². The van der Waals surface area contributed by atoms with Gasteiger partial charge in [-0.05, 0) is 35.8 Å². The summed E-state index contributed by atoms with van der Waals surface area (Å²) in [6, 6.07) is 1.75. The molecule has 0 aliphatic rings. The quantitative estimate of drug-likeness (QED) is 0.852. The van der Waals surface area contributed by atoms with Gasteiger partial charge in [0, 0.05) is 27.2 Å². The molecule has 0 fully saturated rings. The highest BCUT2D eigenvalue weighted by Gasteiger charge is 2.26. The van der Waals surface area contributed by atoms with E-state index in [0.717, 1.165) is 4.47 Å². The van der Waals surface area contributed by atoms with Crippen LogP contribution in [0.25, 0.3) is 0 Å². The Morgan fingerprint density at radius 1 is 1.50 bits per heavy atom. The molecule has 0 aliphatic carbocycles. The van der Waals surface area contributed by atoms with Crippen LogP contribution in [0.4, 0.5) is 0 Å². The van der Waals surface area contributed by atoms with Crippen molar-refractivity contribution < 1.29 is 4.79 Å². The third-order valence-electron chi connectivity index (χ3n) is 2.40. The fraction of sp³-hybridized carbons (Fsp3) is 0.455. The van der Waals surface area contributed by atoms with Gasteiger partial charge in [0.1, 0.15) is 0 Å². The van der Waals surface area contributed by atoms with E-state index in [0.29, 0.717) is 5.56 Å². The Kier molecular flexibility index (Phi) is 4.50. The van der Waals surface area contributed by atoms with Gasteiger partial charge in [-0.15, -0.1) is 0 Å². The summed E-state index contributed by atoms with van der Waals surface area (Å²) in [6.07, 6.45) is 3.20. The predicted octanol–water partition coefficient (Wildman–Crippen LogP) is 3.14. The van der Waals surface area contributed by atoms with Crippen LogP contribution in [0.5, 0.6) is 0 Å². The van der Waals surface area contributed by atoms with Gasteiger partial charge in [0.25, 0.3) is 5.91 Å². The first-order valence-electron chi connectivity index (χ1n) is 4.90. The number of rotatable bonds is 3. The molecule has 1 aromatic rings. The van der Waals surface area contributed by atoms with Crippen molar-refractivity contribution in [2.75, 3.05) is 0 Å². The molecule has 3 nitrogen and oxygen atoms in total. The van der Waals surface area contributed by atoms with Crippen molar-refractivity contribution in [1.82, 2.24) is 10.3 Å². The number of carbonyl (C=O) groups is 1. The van der Waals surface area contributed by atoms with Gasteiger partial charge >= 0.3 is 0 Å². The molecule has 1 atom stereocenters. The monoisotopic (exact) mass is 348 g/mol. The topological polar surface area (TPSA) is 42.0 Å². The van der Waals surface area contributed by atoms with Gasteiger partial charge in [0.05, 0.1) is 5.56 Å². The minimum atomic E-state index is -0.306. The summed E-state index contributed by atoms with van der Waals surface area (Å²) in [5.41, 5.74) is 0.245. The molecule has 0 bridgehead atoms. The van der Waals surface area contributed by atoms with Crippen LogP contribution in [-0.2, 0) is 0 Å². The average Bonchev–Trinajstić information content (AvgIpc) is 2.16. The number of aromatic nitrogens is 1.